The molecule has 2 aromatic carbocycles. The quantitative estimate of drug-likeness (QED) is 0.633. The number of carbonyl (C=O) groups is 2. The van der Waals surface area contributed by atoms with Crippen molar-refractivity contribution in [2.75, 3.05) is 31.8 Å². The van der Waals surface area contributed by atoms with Crippen molar-refractivity contribution in [1.82, 2.24) is 10.2 Å². The topological polar surface area (TPSA) is 61.9 Å². The Bertz CT molecular complexity index is 709. The Hall–Kier alpha value is -2.86. The molecule has 2 aromatic rings. The first-order valence-electron chi connectivity index (χ1n) is 11.1. The summed E-state index contributed by atoms with van der Waals surface area (Å²) >= 11 is 0. The number of amides is 2. The first-order valence-corrected chi connectivity index (χ1v) is 11.1. The van der Waals surface area contributed by atoms with Crippen LogP contribution >= 0.6 is 0 Å². The van der Waals surface area contributed by atoms with Gasteiger partial charge >= 0.3 is 6.09 Å². The molecule has 32 heavy (non-hydrogen) atoms. The van der Waals surface area contributed by atoms with E-state index in [1.54, 1.807) is 6.92 Å². The highest BCUT2D eigenvalue weighted by atomic mass is 16.5. The number of anilines is 1. The molecule has 2 amide bonds. The van der Waals surface area contributed by atoms with Crippen molar-refractivity contribution in [2.24, 2.45) is 0 Å². The molecule has 6 nitrogen and oxygen atoms in total. The lowest BCUT2D eigenvalue weighted by molar-refractivity contribution is -0.121. The Morgan fingerprint density at radius 3 is 1.97 bits per heavy atom. The lowest BCUT2D eigenvalue weighted by atomic mass is 10.2. The molecular formula is C26H43N3O3. The van der Waals surface area contributed by atoms with Gasteiger partial charge in [0.05, 0.1) is 13.3 Å². The minimum Gasteiger partial charge on any atom is -0.450 e. The Labute approximate surface area is 195 Å². The van der Waals surface area contributed by atoms with Crippen LogP contribution in [0.5, 0.6) is 0 Å². The van der Waals surface area contributed by atoms with Gasteiger partial charge in [-0.15, -0.1) is 0 Å². The van der Waals surface area contributed by atoms with Gasteiger partial charge in [0, 0.05) is 32.2 Å². The molecule has 0 aromatic heterocycles. The fourth-order valence-electron chi connectivity index (χ4n) is 2.75. The van der Waals surface area contributed by atoms with E-state index in [-0.39, 0.29) is 19.4 Å². The Morgan fingerprint density at radius 1 is 0.969 bits per heavy atom. The number of ether oxygens (including phenoxy) is 1. The van der Waals surface area contributed by atoms with Crippen molar-refractivity contribution >= 4 is 17.7 Å². The van der Waals surface area contributed by atoms with Crippen LogP contribution in [0, 0.1) is 0 Å². The third kappa shape index (κ3) is 12.1. The van der Waals surface area contributed by atoms with Gasteiger partial charge in [0.1, 0.15) is 0 Å². The average Bonchev–Trinajstić information content (AvgIpc) is 2.84. The van der Waals surface area contributed by atoms with Crippen LogP contribution in [0.3, 0.4) is 0 Å². The summed E-state index contributed by atoms with van der Waals surface area (Å²) in [7, 11) is 1.53. The molecule has 3 rings (SSSR count). The number of rotatable bonds is 4. The van der Waals surface area contributed by atoms with Crippen LogP contribution in [0.25, 0.3) is 0 Å². The number of hydrogen-bond donors (Lipinski definition) is 1. The molecular weight excluding hydrogens is 402 g/mol. The molecule has 180 valence electrons. The molecule has 1 N–H and O–H groups in total. The average molecular weight is 446 g/mol. The summed E-state index contributed by atoms with van der Waals surface area (Å²) in [5, 5.41) is 2.30. The van der Waals surface area contributed by atoms with E-state index in [2.05, 4.69) is 39.2 Å². The van der Waals surface area contributed by atoms with Crippen LogP contribution in [0.2, 0.25) is 0 Å². The third-order valence-corrected chi connectivity index (χ3v) is 4.08. The van der Waals surface area contributed by atoms with Gasteiger partial charge in [-0.2, -0.15) is 0 Å². The highest BCUT2D eigenvalue weighted by molar-refractivity contribution is 5.94. The molecule has 0 bridgehead atoms. The monoisotopic (exact) mass is 445 g/mol. The van der Waals surface area contributed by atoms with Crippen LogP contribution in [-0.2, 0) is 16.1 Å². The normalized spacial score (nSPS) is 12.3. The van der Waals surface area contributed by atoms with Gasteiger partial charge in [-0.25, -0.2) is 4.79 Å². The number of para-hydroxylation sites is 1. The molecule has 1 saturated heterocycles. The predicted octanol–water partition coefficient (Wildman–Crippen LogP) is 5.93. The van der Waals surface area contributed by atoms with Crippen molar-refractivity contribution in [3.8, 4) is 0 Å². The Balaban J connectivity index is 0. The van der Waals surface area contributed by atoms with E-state index in [1.807, 2.05) is 69.0 Å². The largest absolute Gasteiger partial charge is 0.450 e. The van der Waals surface area contributed by atoms with E-state index in [0.717, 1.165) is 18.8 Å². The second kappa shape index (κ2) is 20.1. The molecule has 6 heteroatoms. The fraction of sp³-hybridized carbons (Fsp3) is 0.462. The van der Waals surface area contributed by atoms with Crippen molar-refractivity contribution in [1.29, 1.82) is 0 Å². The van der Waals surface area contributed by atoms with Crippen molar-refractivity contribution in [3.05, 3.63) is 66.2 Å². The zero-order valence-corrected chi connectivity index (χ0v) is 19.9. The highest BCUT2D eigenvalue weighted by Crippen LogP contribution is 2.19. The lowest BCUT2D eigenvalue weighted by Crippen LogP contribution is -2.47. The zero-order valence-electron chi connectivity index (χ0n) is 19.9. The van der Waals surface area contributed by atoms with Crippen LogP contribution in [-0.4, -0.2) is 43.8 Å². The van der Waals surface area contributed by atoms with E-state index in [1.165, 1.54) is 12.6 Å². The molecule has 1 heterocycles. The van der Waals surface area contributed by atoms with E-state index in [4.69, 9.17) is 0 Å². The zero-order chi connectivity index (χ0) is 23.5. The van der Waals surface area contributed by atoms with Crippen LogP contribution in [0.15, 0.2) is 60.7 Å². The van der Waals surface area contributed by atoms with Crippen molar-refractivity contribution in [2.45, 2.75) is 55.0 Å². The fourth-order valence-corrected chi connectivity index (χ4v) is 2.75. The number of nitrogens with zero attached hydrogens (tertiary/aromatic N) is 2. The number of hydrogen-bond acceptors (Lipinski definition) is 4. The molecule has 0 radical (unpaired) electrons. The maximum Gasteiger partial charge on any atom is 0.406 e. The predicted molar refractivity (Wildman–Crippen MR) is 136 cm³/mol. The third-order valence-electron chi connectivity index (χ3n) is 4.08. The summed E-state index contributed by atoms with van der Waals surface area (Å²) < 4.78 is 4.44. The first-order chi connectivity index (χ1) is 15.1. The van der Waals surface area contributed by atoms with E-state index >= 15 is 0 Å². The van der Waals surface area contributed by atoms with Crippen LogP contribution in [0.4, 0.5) is 10.5 Å². The number of carbonyl (C=O) groups excluding carboxylic acids is 2. The standard InChI is InChI=1S/C17H18N2O.C4H9NO2.2C2H6.CH4/c20-17-11-12-18(13-15-7-3-1-4-8-15)14-19(17)16-9-5-2-6-10-16;1-3-7-4(6)5-2;2*1-2;/h1-10H,11-14H2;3H2,1-2H3,(H,5,6);2*1-2H3;1H4. The van der Waals surface area contributed by atoms with Crippen molar-refractivity contribution < 1.29 is 14.3 Å². The molecule has 1 aliphatic heterocycles. The summed E-state index contributed by atoms with van der Waals surface area (Å²) in [6.07, 6.45) is 0.212. The van der Waals surface area contributed by atoms with Gasteiger partial charge in [0.15, 0.2) is 0 Å². The van der Waals surface area contributed by atoms with Gasteiger partial charge in [-0.3, -0.25) is 14.6 Å². The molecule has 0 spiro atoms. The lowest BCUT2D eigenvalue weighted by Gasteiger charge is -2.35. The first kappa shape index (κ1) is 31.3. The van der Waals surface area contributed by atoms with Gasteiger partial charge in [-0.05, 0) is 24.6 Å². The summed E-state index contributed by atoms with van der Waals surface area (Å²) in [5.74, 6) is 0.209. The molecule has 0 aliphatic carbocycles. The van der Waals surface area contributed by atoms with Crippen LogP contribution < -0.4 is 10.2 Å². The molecule has 0 saturated carbocycles. The molecule has 0 unspecified atom stereocenters. The second-order valence-electron chi connectivity index (χ2n) is 6.06. The highest BCUT2D eigenvalue weighted by Gasteiger charge is 2.24. The minimum absolute atomic E-state index is 0. The van der Waals surface area contributed by atoms with E-state index in [0.29, 0.717) is 19.7 Å². The van der Waals surface area contributed by atoms with Crippen LogP contribution in [0.1, 0.15) is 54.0 Å². The maximum atomic E-state index is 12.1. The van der Waals surface area contributed by atoms with Gasteiger partial charge in [-0.1, -0.05) is 83.7 Å². The van der Waals surface area contributed by atoms with E-state index in [9.17, 15) is 9.59 Å². The second-order valence-corrected chi connectivity index (χ2v) is 6.06. The summed E-state index contributed by atoms with van der Waals surface area (Å²) in [5.41, 5.74) is 2.27. The summed E-state index contributed by atoms with van der Waals surface area (Å²) in [4.78, 5) is 26.3. The van der Waals surface area contributed by atoms with Gasteiger partial charge in [0.2, 0.25) is 5.91 Å². The van der Waals surface area contributed by atoms with Gasteiger partial charge in [0.25, 0.3) is 0 Å². The molecule has 1 fully saturated rings. The van der Waals surface area contributed by atoms with E-state index < -0.39 is 0 Å². The molecule has 0 atom stereocenters. The van der Waals surface area contributed by atoms with Crippen molar-refractivity contribution in [3.63, 3.8) is 0 Å². The smallest absolute Gasteiger partial charge is 0.406 e. The van der Waals surface area contributed by atoms with Gasteiger partial charge < -0.3 is 10.1 Å². The summed E-state index contributed by atoms with van der Waals surface area (Å²) in [6, 6.07) is 20.3. The SMILES string of the molecule is C.CC.CC.CCOC(=O)NC.O=C1CCN(Cc2ccccc2)CN1c1ccccc1. The Morgan fingerprint density at radius 2 is 1.50 bits per heavy atom. The summed E-state index contributed by atoms with van der Waals surface area (Å²) in [6.45, 7) is 12.6. The number of benzene rings is 2. The minimum atomic E-state index is -0.373. The maximum absolute atomic E-state index is 12.1. The number of alkyl carbamates (subject to hydrolysis) is 1. The molecule has 1 aliphatic rings. The number of nitrogens with one attached hydrogen (secondary N) is 1. The Kier molecular flexibility index (Phi) is 19.6.